The van der Waals surface area contributed by atoms with Crippen LogP contribution in [-0.4, -0.2) is 30.5 Å². The van der Waals surface area contributed by atoms with Gasteiger partial charge < -0.3 is 10.1 Å². The molecule has 1 fully saturated rings. The summed E-state index contributed by atoms with van der Waals surface area (Å²) in [7, 11) is 1.61. The molecule has 2 atom stereocenters. The van der Waals surface area contributed by atoms with E-state index in [1.54, 1.807) is 25.9 Å². The average Bonchev–Trinajstić information content (AvgIpc) is 2.47. The highest BCUT2D eigenvalue weighted by molar-refractivity contribution is 6.10. The van der Waals surface area contributed by atoms with Gasteiger partial charge in [-0.1, -0.05) is 25.1 Å². The number of carbonyl (C=O) groups is 2. The number of hydrogen-bond donors (Lipinski definition) is 1. The van der Waals surface area contributed by atoms with Crippen LogP contribution in [0.4, 0.5) is 5.69 Å². The summed E-state index contributed by atoms with van der Waals surface area (Å²) in [5.74, 6) is -0.216. The molecule has 2 rings (SSSR count). The van der Waals surface area contributed by atoms with Crippen molar-refractivity contribution in [1.29, 1.82) is 0 Å². The largest absolute Gasteiger partial charge is 0.380 e. The van der Waals surface area contributed by atoms with Gasteiger partial charge in [0.2, 0.25) is 5.91 Å². The van der Waals surface area contributed by atoms with E-state index in [-0.39, 0.29) is 11.8 Å². The van der Waals surface area contributed by atoms with E-state index in [2.05, 4.69) is 5.32 Å². The fourth-order valence-electron chi connectivity index (χ4n) is 2.57. The molecule has 1 aliphatic heterocycles. The molecule has 0 aliphatic carbocycles. The summed E-state index contributed by atoms with van der Waals surface area (Å²) >= 11 is 0. The maximum absolute atomic E-state index is 12.9. The van der Waals surface area contributed by atoms with E-state index >= 15 is 0 Å². The Bertz CT molecular complexity index is 558. The second-order valence-corrected chi connectivity index (χ2v) is 5.59. The monoisotopic (exact) mass is 290 g/mol. The zero-order valence-corrected chi connectivity index (χ0v) is 13.0. The maximum atomic E-state index is 12.9. The van der Waals surface area contributed by atoms with Gasteiger partial charge in [-0.3, -0.25) is 14.5 Å². The number of ether oxygens (including phenoxy) is 1. The second-order valence-electron chi connectivity index (χ2n) is 5.59. The van der Waals surface area contributed by atoms with E-state index in [4.69, 9.17) is 4.74 Å². The van der Waals surface area contributed by atoms with Crippen LogP contribution in [0.15, 0.2) is 24.3 Å². The first-order chi connectivity index (χ1) is 9.94. The first kappa shape index (κ1) is 15.5. The Morgan fingerprint density at radius 2 is 2.00 bits per heavy atom. The number of piperazine rings is 1. The van der Waals surface area contributed by atoms with Crippen LogP contribution in [0.5, 0.6) is 0 Å². The molecule has 0 aromatic heterocycles. The first-order valence-electron chi connectivity index (χ1n) is 7.17. The minimum atomic E-state index is -0.857. The number of nitrogens with one attached hydrogen (secondary N) is 1. The van der Waals surface area contributed by atoms with Crippen molar-refractivity contribution in [3.05, 3.63) is 29.8 Å². The molecule has 0 saturated carbocycles. The highest BCUT2D eigenvalue weighted by atomic mass is 16.5. The summed E-state index contributed by atoms with van der Waals surface area (Å²) in [5.41, 5.74) is 0.781. The molecule has 1 N–H and O–H groups in total. The van der Waals surface area contributed by atoms with Gasteiger partial charge in [-0.05, 0) is 26.3 Å². The van der Waals surface area contributed by atoms with Gasteiger partial charge in [-0.15, -0.1) is 0 Å². The molecule has 1 aliphatic rings. The lowest BCUT2D eigenvalue weighted by atomic mass is 9.91. The minimum Gasteiger partial charge on any atom is -0.380 e. The van der Waals surface area contributed by atoms with Gasteiger partial charge in [0.05, 0.1) is 12.3 Å². The third kappa shape index (κ3) is 2.65. The van der Waals surface area contributed by atoms with Gasteiger partial charge in [0, 0.05) is 12.7 Å². The fraction of sp³-hybridized carbons (Fsp3) is 0.500. The van der Waals surface area contributed by atoms with Crippen molar-refractivity contribution in [2.45, 2.75) is 45.4 Å². The molecular weight excluding hydrogens is 268 g/mol. The molecule has 0 bridgehead atoms. The standard InChI is InChI=1S/C16H22N2O3/c1-5-16(3)15(20)18(11(2)14(19)17-16)13-9-7-6-8-12(13)10-21-4/h6-9,11H,5,10H2,1-4H3,(H,17,19). The molecule has 1 aromatic carbocycles. The van der Waals surface area contributed by atoms with Gasteiger partial charge in [0.25, 0.3) is 5.91 Å². The van der Waals surface area contributed by atoms with E-state index in [1.165, 1.54) is 0 Å². The first-order valence-corrected chi connectivity index (χ1v) is 7.17. The topological polar surface area (TPSA) is 58.6 Å². The average molecular weight is 290 g/mol. The number of benzene rings is 1. The Morgan fingerprint density at radius 1 is 1.33 bits per heavy atom. The van der Waals surface area contributed by atoms with E-state index in [1.807, 2.05) is 31.2 Å². The van der Waals surface area contributed by atoms with Crippen LogP contribution in [-0.2, 0) is 20.9 Å². The molecule has 5 nitrogen and oxygen atoms in total. The molecule has 1 saturated heterocycles. The van der Waals surface area contributed by atoms with Crippen molar-refractivity contribution in [1.82, 2.24) is 5.32 Å². The fourth-order valence-corrected chi connectivity index (χ4v) is 2.57. The summed E-state index contributed by atoms with van der Waals surface area (Å²) in [6.07, 6.45) is 0.549. The molecule has 21 heavy (non-hydrogen) atoms. The molecule has 1 aromatic rings. The van der Waals surface area contributed by atoms with Gasteiger partial charge in [0.1, 0.15) is 11.6 Å². The van der Waals surface area contributed by atoms with Crippen LogP contribution in [0.2, 0.25) is 0 Å². The number of anilines is 1. The Balaban J connectivity index is 2.49. The van der Waals surface area contributed by atoms with Gasteiger partial charge in [-0.2, -0.15) is 0 Å². The highest BCUT2D eigenvalue weighted by Crippen LogP contribution is 2.30. The lowest BCUT2D eigenvalue weighted by Crippen LogP contribution is -2.68. The van der Waals surface area contributed by atoms with E-state index in [0.717, 1.165) is 11.3 Å². The number of hydrogen-bond acceptors (Lipinski definition) is 3. The van der Waals surface area contributed by atoms with Crippen LogP contribution < -0.4 is 10.2 Å². The Labute approximate surface area is 125 Å². The van der Waals surface area contributed by atoms with Crippen molar-refractivity contribution < 1.29 is 14.3 Å². The Hall–Kier alpha value is -1.88. The SMILES string of the molecule is CCC1(C)NC(=O)C(C)N(c2ccccc2COC)C1=O. The molecule has 0 radical (unpaired) electrons. The van der Waals surface area contributed by atoms with Crippen molar-refractivity contribution in [2.75, 3.05) is 12.0 Å². The van der Waals surface area contributed by atoms with Crippen LogP contribution >= 0.6 is 0 Å². The predicted molar refractivity (Wildman–Crippen MR) is 80.9 cm³/mol. The number of rotatable bonds is 4. The third-order valence-electron chi connectivity index (χ3n) is 4.11. The number of nitrogens with zero attached hydrogens (tertiary/aromatic N) is 1. The highest BCUT2D eigenvalue weighted by Gasteiger charge is 2.46. The van der Waals surface area contributed by atoms with Crippen LogP contribution in [0, 0.1) is 0 Å². The van der Waals surface area contributed by atoms with E-state index < -0.39 is 11.6 Å². The van der Waals surface area contributed by atoms with E-state index in [9.17, 15) is 9.59 Å². The van der Waals surface area contributed by atoms with Crippen LogP contribution in [0.1, 0.15) is 32.8 Å². The number of methoxy groups -OCH3 is 1. The molecule has 0 spiro atoms. The molecule has 114 valence electrons. The van der Waals surface area contributed by atoms with Gasteiger partial charge >= 0.3 is 0 Å². The Morgan fingerprint density at radius 3 is 2.62 bits per heavy atom. The summed E-state index contributed by atoms with van der Waals surface area (Å²) < 4.78 is 5.20. The summed E-state index contributed by atoms with van der Waals surface area (Å²) in [5, 5.41) is 2.83. The molecule has 1 heterocycles. The predicted octanol–water partition coefficient (Wildman–Crippen LogP) is 1.85. The zero-order valence-electron chi connectivity index (χ0n) is 13.0. The lowest BCUT2D eigenvalue weighted by Gasteiger charge is -2.43. The van der Waals surface area contributed by atoms with Crippen molar-refractivity contribution in [2.24, 2.45) is 0 Å². The number of para-hydroxylation sites is 1. The van der Waals surface area contributed by atoms with Crippen molar-refractivity contribution >= 4 is 17.5 Å². The lowest BCUT2D eigenvalue weighted by molar-refractivity contribution is -0.137. The normalized spacial score (nSPS) is 25.9. The molecule has 5 heteroatoms. The Kier molecular flexibility index (Phi) is 4.32. The maximum Gasteiger partial charge on any atom is 0.253 e. The van der Waals surface area contributed by atoms with Crippen LogP contribution in [0.25, 0.3) is 0 Å². The number of carbonyl (C=O) groups excluding carboxylic acids is 2. The van der Waals surface area contributed by atoms with Gasteiger partial charge in [-0.25, -0.2) is 0 Å². The summed E-state index contributed by atoms with van der Waals surface area (Å²) in [6.45, 7) is 5.81. The van der Waals surface area contributed by atoms with Crippen LogP contribution in [0.3, 0.4) is 0 Å². The minimum absolute atomic E-state index is 0.0827. The number of amides is 2. The zero-order chi connectivity index (χ0) is 15.6. The summed E-state index contributed by atoms with van der Waals surface area (Å²) in [4.78, 5) is 26.7. The van der Waals surface area contributed by atoms with E-state index in [0.29, 0.717) is 13.0 Å². The summed E-state index contributed by atoms with van der Waals surface area (Å²) in [6, 6.07) is 7.00. The molecule has 2 unspecified atom stereocenters. The molecule has 2 amide bonds. The van der Waals surface area contributed by atoms with Crippen molar-refractivity contribution in [3.8, 4) is 0 Å². The third-order valence-corrected chi connectivity index (χ3v) is 4.11. The molecular formula is C16H22N2O3. The second kappa shape index (κ2) is 5.85. The van der Waals surface area contributed by atoms with Gasteiger partial charge in [0.15, 0.2) is 0 Å². The smallest absolute Gasteiger partial charge is 0.253 e. The van der Waals surface area contributed by atoms with Crippen molar-refractivity contribution in [3.63, 3.8) is 0 Å². The quantitative estimate of drug-likeness (QED) is 0.920.